The molecule has 0 saturated carbocycles. The summed E-state index contributed by atoms with van der Waals surface area (Å²) in [6.45, 7) is 11.5. The molecule has 0 aliphatic heterocycles. The first-order valence-electron chi connectivity index (χ1n) is 5.10. The van der Waals surface area contributed by atoms with Crippen molar-refractivity contribution < 1.29 is 0 Å². The summed E-state index contributed by atoms with van der Waals surface area (Å²) in [7, 11) is 2.07. The highest BCUT2D eigenvalue weighted by atomic mass is 14.9. The summed E-state index contributed by atoms with van der Waals surface area (Å²) in [5, 5.41) is 3.39. The Labute approximate surface area is 77.9 Å². The van der Waals surface area contributed by atoms with E-state index < -0.39 is 0 Å². The Kier molecular flexibility index (Phi) is 4.84. The van der Waals surface area contributed by atoms with Crippen LogP contribution >= 0.6 is 0 Å². The normalized spacial score (nSPS) is 15.2. The average molecular weight is 171 g/mol. The van der Waals surface area contributed by atoms with E-state index in [1.165, 1.54) is 12.8 Å². The molecule has 12 heavy (non-hydrogen) atoms. The zero-order valence-electron chi connectivity index (χ0n) is 9.57. The first-order valence-corrected chi connectivity index (χ1v) is 5.10. The predicted octanol–water partition coefficient (Wildman–Crippen LogP) is 3.06. The van der Waals surface area contributed by atoms with Crippen molar-refractivity contribution in [3.05, 3.63) is 0 Å². The van der Waals surface area contributed by atoms with Crippen LogP contribution in [-0.2, 0) is 0 Å². The lowest BCUT2D eigenvalue weighted by Crippen LogP contribution is -2.35. The quantitative estimate of drug-likeness (QED) is 0.670. The van der Waals surface area contributed by atoms with Crippen molar-refractivity contribution >= 4 is 0 Å². The third-order valence-corrected chi connectivity index (χ3v) is 2.91. The molecule has 0 rings (SSSR count). The first kappa shape index (κ1) is 12.0. The maximum atomic E-state index is 3.39. The van der Waals surface area contributed by atoms with Gasteiger partial charge in [-0.2, -0.15) is 0 Å². The van der Waals surface area contributed by atoms with Crippen molar-refractivity contribution in [3.8, 4) is 0 Å². The van der Waals surface area contributed by atoms with E-state index in [-0.39, 0.29) is 0 Å². The van der Waals surface area contributed by atoms with Crippen molar-refractivity contribution in [2.24, 2.45) is 11.3 Å². The highest BCUT2D eigenvalue weighted by Gasteiger charge is 2.22. The Bertz CT molecular complexity index is 116. The number of nitrogens with one attached hydrogen (secondary N) is 1. The molecule has 0 saturated heterocycles. The third-order valence-electron chi connectivity index (χ3n) is 2.91. The van der Waals surface area contributed by atoms with Gasteiger partial charge in [0.2, 0.25) is 0 Å². The minimum absolute atomic E-state index is 0.484. The van der Waals surface area contributed by atoms with E-state index in [9.17, 15) is 0 Å². The third kappa shape index (κ3) is 4.10. The van der Waals surface area contributed by atoms with Gasteiger partial charge in [-0.05, 0) is 24.8 Å². The molecular weight excluding hydrogens is 146 g/mol. The van der Waals surface area contributed by atoms with Gasteiger partial charge in [-0.1, -0.05) is 41.0 Å². The van der Waals surface area contributed by atoms with Crippen LogP contribution in [0.5, 0.6) is 0 Å². The maximum absolute atomic E-state index is 3.39. The molecular formula is C11H25N. The molecule has 0 aliphatic rings. The number of hydrogen-bond donors (Lipinski definition) is 1. The van der Waals surface area contributed by atoms with Crippen LogP contribution in [0.3, 0.4) is 0 Å². The van der Waals surface area contributed by atoms with E-state index in [1.54, 1.807) is 0 Å². The van der Waals surface area contributed by atoms with Crippen LogP contribution in [0.2, 0.25) is 0 Å². The topological polar surface area (TPSA) is 12.0 Å². The Morgan fingerprint density at radius 3 is 2.00 bits per heavy atom. The zero-order valence-corrected chi connectivity index (χ0v) is 9.57. The van der Waals surface area contributed by atoms with Gasteiger partial charge in [-0.25, -0.2) is 0 Å². The Balaban J connectivity index is 4.01. The van der Waals surface area contributed by atoms with Crippen LogP contribution in [-0.4, -0.2) is 13.1 Å². The molecule has 0 aromatic rings. The van der Waals surface area contributed by atoms with Gasteiger partial charge in [0.25, 0.3) is 0 Å². The summed E-state index contributed by atoms with van der Waals surface area (Å²) in [4.78, 5) is 0. The molecule has 0 bridgehead atoms. The summed E-state index contributed by atoms with van der Waals surface area (Å²) in [6.07, 6.45) is 2.54. The summed E-state index contributed by atoms with van der Waals surface area (Å²) < 4.78 is 0. The molecule has 1 N–H and O–H groups in total. The molecule has 0 spiro atoms. The SMILES string of the molecule is CCC(C)(C)CC(NC)C(C)C. The number of rotatable bonds is 5. The maximum Gasteiger partial charge on any atom is 0.00921 e. The lowest BCUT2D eigenvalue weighted by molar-refractivity contribution is 0.244. The molecule has 0 radical (unpaired) electrons. The van der Waals surface area contributed by atoms with Gasteiger partial charge in [-0.15, -0.1) is 0 Å². The van der Waals surface area contributed by atoms with Gasteiger partial charge in [0.1, 0.15) is 0 Å². The van der Waals surface area contributed by atoms with Gasteiger partial charge in [0.05, 0.1) is 0 Å². The summed E-state index contributed by atoms with van der Waals surface area (Å²) in [6, 6.07) is 0.667. The molecule has 0 aromatic heterocycles. The molecule has 0 heterocycles. The van der Waals surface area contributed by atoms with Crippen LogP contribution in [0.1, 0.15) is 47.5 Å². The van der Waals surface area contributed by atoms with Crippen LogP contribution in [0.4, 0.5) is 0 Å². The molecule has 1 unspecified atom stereocenters. The monoisotopic (exact) mass is 171 g/mol. The largest absolute Gasteiger partial charge is 0.317 e. The van der Waals surface area contributed by atoms with Gasteiger partial charge >= 0.3 is 0 Å². The second-order valence-corrected chi connectivity index (χ2v) is 4.86. The summed E-state index contributed by atoms with van der Waals surface area (Å²) in [5.74, 6) is 0.737. The Morgan fingerprint density at radius 1 is 1.25 bits per heavy atom. The fraction of sp³-hybridized carbons (Fsp3) is 1.00. The van der Waals surface area contributed by atoms with E-state index >= 15 is 0 Å². The molecule has 74 valence electrons. The van der Waals surface area contributed by atoms with Crippen molar-refractivity contribution in [2.75, 3.05) is 7.05 Å². The van der Waals surface area contributed by atoms with Crippen LogP contribution in [0.25, 0.3) is 0 Å². The fourth-order valence-electron chi connectivity index (χ4n) is 1.41. The van der Waals surface area contributed by atoms with Gasteiger partial charge in [-0.3, -0.25) is 0 Å². The molecule has 1 atom stereocenters. The molecule has 0 amide bonds. The van der Waals surface area contributed by atoms with Crippen molar-refractivity contribution in [1.82, 2.24) is 5.32 Å². The van der Waals surface area contributed by atoms with Crippen molar-refractivity contribution in [3.63, 3.8) is 0 Å². The summed E-state index contributed by atoms with van der Waals surface area (Å²) >= 11 is 0. The molecule has 1 nitrogen and oxygen atoms in total. The average Bonchev–Trinajstić information content (AvgIpc) is 2.00. The fourth-order valence-corrected chi connectivity index (χ4v) is 1.41. The van der Waals surface area contributed by atoms with E-state index in [4.69, 9.17) is 0 Å². The second kappa shape index (κ2) is 4.86. The zero-order chi connectivity index (χ0) is 9.78. The molecule has 0 aliphatic carbocycles. The van der Waals surface area contributed by atoms with Crippen LogP contribution < -0.4 is 5.32 Å². The molecule has 1 heteroatoms. The van der Waals surface area contributed by atoms with E-state index in [1.807, 2.05) is 0 Å². The van der Waals surface area contributed by atoms with Crippen molar-refractivity contribution in [2.45, 2.75) is 53.5 Å². The number of hydrogen-bond acceptors (Lipinski definition) is 1. The lowest BCUT2D eigenvalue weighted by atomic mass is 9.80. The predicted molar refractivity (Wildman–Crippen MR) is 56.4 cm³/mol. The van der Waals surface area contributed by atoms with Gasteiger partial charge in [0.15, 0.2) is 0 Å². The van der Waals surface area contributed by atoms with E-state index in [2.05, 4.69) is 47.0 Å². The highest BCUT2D eigenvalue weighted by Crippen LogP contribution is 2.28. The highest BCUT2D eigenvalue weighted by molar-refractivity contribution is 4.77. The standard InChI is InChI=1S/C11H25N/c1-7-11(4,5)8-10(12-6)9(2)3/h9-10,12H,7-8H2,1-6H3. The van der Waals surface area contributed by atoms with E-state index in [0.717, 1.165) is 5.92 Å². The Morgan fingerprint density at radius 2 is 1.75 bits per heavy atom. The smallest absolute Gasteiger partial charge is 0.00921 e. The molecule has 0 aromatic carbocycles. The minimum Gasteiger partial charge on any atom is -0.317 e. The lowest BCUT2D eigenvalue weighted by Gasteiger charge is -2.30. The van der Waals surface area contributed by atoms with Gasteiger partial charge < -0.3 is 5.32 Å². The molecule has 0 fully saturated rings. The van der Waals surface area contributed by atoms with Gasteiger partial charge in [0, 0.05) is 6.04 Å². The van der Waals surface area contributed by atoms with Crippen LogP contribution in [0, 0.1) is 11.3 Å². The van der Waals surface area contributed by atoms with E-state index in [0.29, 0.717) is 11.5 Å². The van der Waals surface area contributed by atoms with Crippen LogP contribution in [0.15, 0.2) is 0 Å². The van der Waals surface area contributed by atoms with Crippen molar-refractivity contribution in [1.29, 1.82) is 0 Å². The first-order chi connectivity index (χ1) is 5.43. The summed E-state index contributed by atoms with van der Waals surface area (Å²) in [5.41, 5.74) is 0.484. The Hall–Kier alpha value is -0.0400. The second-order valence-electron chi connectivity index (χ2n) is 4.86. The minimum atomic E-state index is 0.484.